The highest BCUT2D eigenvalue weighted by Crippen LogP contribution is 2.27. The minimum Gasteiger partial charge on any atom is -0.493 e. The maximum absolute atomic E-state index is 12.3. The molecule has 1 aromatic carbocycles. The lowest BCUT2D eigenvalue weighted by Crippen LogP contribution is -2.28. The number of fused-ring (bicyclic) bond motifs is 1. The molecule has 0 aliphatic carbocycles. The fourth-order valence-corrected chi connectivity index (χ4v) is 2.76. The molecule has 1 amide bonds. The van der Waals surface area contributed by atoms with Crippen LogP contribution in [0.1, 0.15) is 21.6 Å². The molecule has 0 spiro atoms. The van der Waals surface area contributed by atoms with Crippen LogP contribution in [0, 0.1) is 0 Å². The number of hydrogen-bond acceptors (Lipinski definition) is 5. The minimum atomic E-state index is -0.152. The summed E-state index contributed by atoms with van der Waals surface area (Å²) in [6.45, 7) is 2.47. The lowest BCUT2D eigenvalue weighted by atomic mass is 10.2. The predicted molar refractivity (Wildman–Crippen MR) is 87.5 cm³/mol. The van der Waals surface area contributed by atoms with Crippen LogP contribution in [0.15, 0.2) is 24.4 Å². The Labute approximate surface area is 140 Å². The van der Waals surface area contributed by atoms with Crippen molar-refractivity contribution >= 4 is 5.91 Å². The summed E-state index contributed by atoms with van der Waals surface area (Å²) in [6.07, 6.45) is 2.70. The van der Waals surface area contributed by atoms with Gasteiger partial charge in [-0.2, -0.15) is 5.10 Å². The van der Waals surface area contributed by atoms with Gasteiger partial charge in [0.15, 0.2) is 11.5 Å². The average Bonchev–Trinajstić information content (AvgIpc) is 3.04. The summed E-state index contributed by atoms with van der Waals surface area (Å²) < 4.78 is 17.7. The molecule has 7 nitrogen and oxygen atoms in total. The van der Waals surface area contributed by atoms with Crippen molar-refractivity contribution in [1.29, 1.82) is 0 Å². The van der Waals surface area contributed by atoms with Gasteiger partial charge >= 0.3 is 0 Å². The number of carbonyl (C=O) groups is 1. The first-order valence-electron chi connectivity index (χ1n) is 7.84. The van der Waals surface area contributed by atoms with Crippen molar-refractivity contribution in [2.24, 2.45) is 0 Å². The van der Waals surface area contributed by atoms with Crippen molar-refractivity contribution in [1.82, 2.24) is 15.1 Å². The molecule has 0 bridgehead atoms. The van der Waals surface area contributed by atoms with Gasteiger partial charge in [0.2, 0.25) is 0 Å². The number of benzene rings is 1. The van der Waals surface area contributed by atoms with Crippen molar-refractivity contribution in [3.63, 3.8) is 0 Å². The van der Waals surface area contributed by atoms with Gasteiger partial charge in [0.25, 0.3) is 5.91 Å². The molecular formula is C17H21N3O4. The van der Waals surface area contributed by atoms with E-state index in [4.69, 9.17) is 14.2 Å². The highest BCUT2D eigenvalue weighted by Gasteiger charge is 2.15. The SMILES string of the molecule is COc1ccc(C(=O)NCCn2ncc3c2CCOC3)cc1OC. The smallest absolute Gasteiger partial charge is 0.251 e. The Hall–Kier alpha value is -2.54. The zero-order chi connectivity index (χ0) is 16.9. The van der Waals surface area contributed by atoms with Crippen LogP contribution in [-0.2, 0) is 24.3 Å². The Morgan fingerprint density at radius 2 is 2.17 bits per heavy atom. The van der Waals surface area contributed by atoms with Crippen LogP contribution >= 0.6 is 0 Å². The maximum atomic E-state index is 12.3. The zero-order valence-electron chi connectivity index (χ0n) is 13.9. The van der Waals surface area contributed by atoms with Crippen molar-refractivity contribution in [2.75, 3.05) is 27.4 Å². The van der Waals surface area contributed by atoms with E-state index < -0.39 is 0 Å². The first-order valence-corrected chi connectivity index (χ1v) is 7.84. The van der Waals surface area contributed by atoms with E-state index in [0.717, 1.165) is 18.6 Å². The Kier molecular flexibility index (Phi) is 5.00. The first kappa shape index (κ1) is 16.3. The number of aromatic nitrogens is 2. The maximum Gasteiger partial charge on any atom is 0.251 e. The highest BCUT2D eigenvalue weighted by atomic mass is 16.5. The number of amides is 1. The lowest BCUT2D eigenvalue weighted by molar-refractivity contribution is 0.0950. The summed E-state index contributed by atoms with van der Waals surface area (Å²) in [5, 5.41) is 7.27. The summed E-state index contributed by atoms with van der Waals surface area (Å²) in [6, 6.07) is 5.10. The van der Waals surface area contributed by atoms with Gasteiger partial charge in [-0.1, -0.05) is 0 Å². The second-order valence-corrected chi connectivity index (χ2v) is 5.47. The number of hydrogen-bond donors (Lipinski definition) is 1. The Morgan fingerprint density at radius 3 is 2.96 bits per heavy atom. The van der Waals surface area contributed by atoms with E-state index in [1.165, 1.54) is 5.69 Å². The lowest BCUT2D eigenvalue weighted by Gasteiger charge is -2.15. The normalized spacial score (nSPS) is 13.2. The summed E-state index contributed by atoms with van der Waals surface area (Å²) in [7, 11) is 3.11. The van der Waals surface area contributed by atoms with Gasteiger partial charge < -0.3 is 19.5 Å². The Balaban J connectivity index is 1.59. The number of methoxy groups -OCH3 is 2. The van der Waals surface area contributed by atoms with Gasteiger partial charge in [-0.25, -0.2) is 0 Å². The van der Waals surface area contributed by atoms with Gasteiger partial charge in [-0.15, -0.1) is 0 Å². The average molecular weight is 331 g/mol. The molecule has 0 saturated heterocycles. The van der Waals surface area contributed by atoms with E-state index in [1.807, 2.05) is 10.9 Å². The number of nitrogens with one attached hydrogen (secondary N) is 1. The van der Waals surface area contributed by atoms with E-state index in [9.17, 15) is 4.79 Å². The summed E-state index contributed by atoms with van der Waals surface area (Å²) >= 11 is 0. The van der Waals surface area contributed by atoms with Crippen LogP contribution < -0.4 is 14.8 Å². The molecule has 0 atom stereocenters. The van der Waals surface area contributed by atoms with E-state index in [1.54, 1.807) is 32.4 Å². The van der Waals surface area contributed by atoms with Crippen molar-refractivity contribution in [3.05, 3.63) is 41.2 Å². The third kappa shape index (κ3) is 3.35. The van der Waals surface area contributed by atoms with Crippen molar-refractivity contribution < 1.29 is 19.0 Å². The number of nitrogens with zero attached hydrogens (tertiary/aromatic N) is 2. The van der Waals surface area contributed by atoms with E-state index >= 15 is 0 Å². The fraction of sp³-hybridized carbons (Fsp3) is 0.412. The minimum absolute atomic E-state index is 0.152. The molecule has 0 radical (unpaired) electrons. The van der Waals surface area contributed by atoms with E-state index in [-0.39, 0.29) is 5.91 Å². The van der Waals surface area contributed by atoms with Crippen LogP contribution in [0.25, 0.3) is 0 Å². The van der Waals surface area contributed by atoms with Gasteiger partial charge in [0.1, 0.15) is 0 Å². The molecular weight excluding hydrogens is 310 g/mol. The molecule has 7 heteroatoms. The van der Waals surface area contributed by atoms with Crippen molar-refractivity contribution in [2.45, 2.75) is 19.6 Å². The van der Waals surface area contributed by atoms with Crippen LogP contribution in [0.3, 0.4) is 0 Å². The monoisotopic (exact) mass is 331 g/mol. The first-order chi connectivity index (χ1) is 11.7. The van der Waals surface area contributed by atoms with E-state index in [0.29, 0.717) is 36.8 Å². The molecule has 0 saturated carbocycles. The molecule has 2 heterocycles. The largest absolute Gasteiger partial charge is 0.493 e. The zero-order valence-corrected chi connectivity index (χ0v) is 13.9. The third-order valence-corrected chi connectivity index (χ3v) is 4.03. The second kappa shape index (κ2) is 7.35. The molecule has 3 rings (SSSR count). The molecule has 1 aromatic heterocycles. The predicted octanol–water partition coefficient (Wildman–Crippen LogP) is 1.40. The van der Waals surface area contributed by atoms with Gasteiger partial charge in [0, 0.05) is 29.8 Å². The molecule has 2 aromatic rings. The fourth-order valence-electron chi connectivity index (χ4n) is 2.76. The van der Waals surface area contributed by atoms with E-state index in [2.05, 4.69) is 10.4 Å². The highest BCUT2D eigenvalue weighted by molar-refractivity contribution is 5.94. The van der Waals surface area contributed by atoms with Crippen LogP contribution in [0.5, 0.6) is 11.5 Å². The Morgan fingerprint density at radius 1 is 1.33 bits per heavy atom. The number of ether oxygens (including phenoxy) is 3. The molecule has 1 N–H and O–H groups in total. The summed E-state index contributed by atoms with van der Waals surface area (Å²) in [5.74, 6) is 0.978. The quantitative estimate of drug-likeness (QED) is 0.866. The molecule has 0 fully saturated rings. The van der Waals surface area contributed by atoms with Crippen molar-refractivity contribution in [3.8, 4) is 11.5 Å². The molecule has 128 valence electrons. The number of carbonyl (C=O) groups excluding carboxylic acids is 1. The second-order valence-electron chi connectivity index (χ2n) is 5.47. The van der Waals surface area contributed by atoms with Gasteiger partial charge in [-0.3, -0.25) is 9.48 Å². The molecule has 24 heavy (non-hydrogen) atoms. The standard InChI is InChI=1S/C17H21N3O4/c1-22-15-4-3-12(9-16(15)23-2)17(21)18-6-7-20-14-5-8-24-11-13(14)10-19-20/h3-4,9-10H,5-8,11H2,1-2H3,(H,18,21). The Bertz CT molecular complexity index is 727. The van der Waals surface area contributed by atoms with Crippen LogP contribution in [0.4, 0.5) is 0 Å². The van der Waals surface area contributed by atoms with Crippen LogP contribution in [-0.4, -0.2) is 43.1 Å². The summed E-state index contributed by atoms with van der Waals surface area (Å²) in [4.78, 5) is 12.3. The topological polar surface area (TPSA) is 74.6 Å². The number of rotatable bonds is 6. The molecule has 1 aliphatic heterocycles. The van der Waals surface area contributed by atoms with Gasteiger partial charge in [0.05, 0.1) is 40.2 Å². The summed E-state index contributed by atoms with van der Waals surface area (Å²) in [5.41, 5.74) is 2.86. The van der Waals surface area contributed by atoms with Crippen LogP contribution in [0.2, 0.25) is 0 Å². The third-order valence-electron chi connectivity index (χ3n) is 4.03. The molecule has 0 unspecified atom stereocenters. The molecule has 1 aliphatic rings. The van der Waals surface area contributed by atoms with Gasteiger partial charge in [-0.05, 0) is 18.2 Å².